The van der Waals surface area contributed by atoms with Crippen molar-refractivity contribution in [3.05, 3.63) is 71.5 Å². The first kappa shape index (κ1) is 31.5. The second kappa shape index (κ2) is 14.6. The first-order valence-corrected chi connectivity index (χ1v) is 18.8. The van der Waals surface area contributed by atoms with Crippen molar-refractivity contribution in [2.75, 3.05) is 11.9 Å². The van der Waals surface area contributed by atoms with Crippen LogP contribution in [0.4, 0.5) is 10.5 Å². The van der Waals surface area contributed by atoms with Crippen molar-refractivity contribution in [2.45, 2.75) is 91.0 Å². The molecule has 0 saturated heterocycles. The number of rotatable bonds is 12. The maximum Gasteiger partial charge on any atom is 0.408 e. The number of alkyl carbamates (subject to hydrolysis) is 1. The fourth-order valence-electron chi connectivity index (χ4n) is 5.47. The van der Waals surface area contributed by atoms with E-state index < -0.39 is 20.2 Å². The van der Waals surface area contributed by atoms with Crippen molar-refractivity contribution >= 4 is 25.8 Å². The fraction of sp³-hybridized carbons (Fsp3) is 0.485. The Kier molecular flexibility index (Phi) is 11.0. The first-order valence-electron chi connectivity index (χ1n) is 15.1. The second-order valence-corrected chi connectivity index (χ2v) is 18.2. The maximum absolute atomic E-state index is 13.5. The van der Waals surface area contributed by atoms with E-state index in [1.807, 2.05) is 66.2 Å². The van der Waals surface area contributed by atoms with Crippen LogP contribution in [-0.2, 0) is 27.6 Å². The molecule has 2 amide bonds. The predicted octanol–water partition coefficient (Wildman–Crippen LogP) is 7.29. The number of nitrogens with zero attached hydrogens (tertiary/aromatic N) is 2. The number of amides is 2. The van der Waals surface area contributed by atoms with E-state index in [0.717, 1.165) is 72.8 Å². The quantitative estimate of drug-likeness (QED) is 0.171. The van der Waals surface area contributed by atoms with Gasteiger partial charge in [0.1, 0.15) is 19.4 Å². The van der Waals surface area contributed by atoms with Gasteiger partial charge in [0, 0.05) is 31.6 Å². The minimum Gasteiger partial charge on any atom is -0.445 e. The zero-order valence-corrected chi connectivity index (χ0v) is 26.7. The molecule has 9 heteroatoms. The number of ether oxygens (including phenoxy) is 2. The van der Waals surface area contributed by atoms with Crippen molar-refractivity contribution in [1.29, 1.82) is 0 Å². The number of benzene rings is 2. The molecule has 0 radical (unpaired) electrons. The van der Waals surface area contributed by atoms with E-state index in [1.165, 1.54) is 0 Å². The summed E-state index contributed by atoms with van der Waals surface area (Å²) in [5.74, 6) is -0.145. The predicted molar refractivity (Wildman–Crippen MR) is 170 cm³/mol. The van der Waals surface area contributed by atoms with E-state index in [-0.39, 0.29) is 18.4 Å². The summed E-state index contributed by atoms with van der Waals surface area (Å²) < 4.78 is 13.3. The van der Waals surface area contributed by atoms with Crippen LogP contribution in [0.25, 0.3) is 11.1 Å². The minimum absolute atomic E-state index is 0.0754. The highest BCUT2D eigenvalue weighted by molar-refractivity contribution is 6.76. The summed E-state index contributed by atoms with van der Waals surface area (Å²) in [4.78, 5) is 26.2. The van der Waals surface area contributed by atoms with Crippen molar-refractivity contribution in [3.63, 3.8) is 0 Å². The fourth-order valence-corrected chi connectivity index (χ4v) is 6.22. The molecule has 1 atom stereocenters. The zero-order chi connectivity index (χ0) is 30.1. The first-order chi connectivity index (χ1) is 20.1. The van der Waals surface area contributed by atoms with E-state index >= 15 is 0 Å². The summed E-state index contributed by atoms with van der Waals surface area (Å²) in [6, 6.07) is 17.8. The summed E-state index contributed by atoms with van der Waals surface area (Å²) in [6.07, 6.45) is 4.50. The molecule has 0 spiro atoms. The normalized spacial score (nSPS) is 14.8. The van der Waals surface area contributed by atoms with Gasteiger partial charge >= 0.3 is 6.09 Å². The molecule has 4 rings (SSSR count). The van der Waals surface area contributed by atoms with E-state index in [1.54, 1.807) is 0 Å². The van der Waals surface area contributed by atoms with Crippen LogP contribution in [0.2, 0.25) is 25.7 Å². The topological polar surface area (TPSA) is 94.5 Å². The van der Waals surface area contributed by atoms with Crippen molar-refractivity contribution in [3.8, 4) is 11.1 Å². The average Bonchev–Trinajstić information content (AvgIpc) is 3.26. The summed E-state index contributed by atoms with van der Waals surface area (Å²) in [6.45, 7) is 12.5. The van der Waals surface area contributed by atoms with Gasteiger partial charge in [-0.15, -0.1) is 0 Å². The molecule has 1 saturated carbocycles. The molecule has 0 aliphatic heterocycles. The van der Waals surface area contributed by atoms with Crippen molar-refractivity contribution in [1.82, 2.24) is 15.1 Å². The Morgan fingerprint density at radius 2 is 1.69 bits per heavy atom. The Morgan fingerprint density at radius 3 is 2.36 bits per heavy atom. The molecule has 8 nitrogen and oxygen atoms in total. The van der Waals surface area contributed by atoms with Gasteiger partial charge in [0.15, 0.2) is 0 Å². The molecular formula is C33H46N4O4Si. The highest BCUT2D eigenvalue weighted by Gasteiger charge is 2.31. The van der Waals surface area contributed by atoms with E-state index in [2.05, 4.69) is 37.2 Å². The minimum atomic E-state index is -1.14. The van der Waals surface area contributed by atoms with Crippen molar-refractivity contribution < 1.29 is 19.1 Å². The van der Waals surface area contributed by atoms with Gasteiger partial charge in [-0.2, -0.15) is 5.10 Å². The summed E-state index contributed by atoms with van der Waals surface area (Å²) in [7, 11) is -1.14. The number of aromatic nitrogens is 2. The standard InChI is InChI=1S/C33H46N4O4Si/c1-24-30(25(2)37(36-24)23-40-20-21-42(3,4)5)27-16-18-29(19-17-27)34-32(38)31(28-14-10-7-11-15-28)35-33(39)41-22-26-12-8-6-9-13-26/h6,8-9,12-13,16-19,28,31H,7,10-11,14-15,20-23H2,1-5H3,(H,34,38)(H,35,39). The molecule has 1 aromatic heterocycles. The van der Waals surface area contributed by atoms with E-state index in [9.17, 15) is 9.59 Å². The summed E-state index contributed by atoms with van der Waals surface area (Å²) >= 11 is 0. The Hall–Kier alpha value is -3.43. The van der Waals surface area contributed by atoms with Gasteiger partial charge in [0.05, 0.1) is 5.69 Å². The lowest BCUT2D eigenvalue weighted by Gasteiger charge is -2.29. The van der Waals surface area contributed by atoms with E-state index in [0.29, 0.717) is 12.4 Å². The molecule has 2 N–H and O–H groups in total. The lowest BCUT2D eigenvalue weighted by molar-refractivity contribution is -0.119. The molecule has 226 valence electrons. The van der Waals surface area contributed by atoms with E-state index in [4.69, 9.17) is 14.6 Å². The molecule has 42 heavy (non-hydrogen) atoms. The van der Waals surface area contributed by atoms with Crippen LogP contribution in [0, 0.1) is 19.8 Å². The van der Waals surface area contributed by atoms with Gasteiger partial charge in [-0.05, 0) is 61.9 Å². The van der Waals surface area contributed by atoms with Crippen LogP contribution in [0.1, 0.15) is 49.1 Å². The molecule has 3 aromatic rings. The SMILES string of the molecule is Cc1nn(COCC[Si](C)(C)C)c(C)c1-c1ccc(NC(=O)C(NC(=O)OCc2ccccc2)C2CCCCC2)cc1. The van der Waals surface area contributed by atoms with Gasteiger partial charge in [0.25, 0.3) is 0 Å². The lowest BCUT2D eigenvalue weighted by atomic mass is 9.83. The summed E-state index contributed by atoms with van der Waals surface area (Å²) in [5, 5.41) is 10.6. The Bertz CT molecular complexity index is 1310. The number of aryl methyl sites for hydroxylation is 1. The Labute approximate surface area is 251 Å². The monoisotopic (exact) mass is 590 g/mol. The molecule has 2 aromatic carbocycles. The smallest absolute Gasteiger partial charge is 0.408 e. The third-order valence-electron chi connectivity index (χ3n) is 7.92. The van der Waals surface area contributed by atoms with Gasteiger partial charge in [-0.25, -0.2) is 9.48 Å². The average molecular weight is 591 g/mol. The third kappa shape index (κ3) is 9.03. The number of nitrogens with one attached hydrogen (secondary N) is 2. The second-order valence-electron chi connectivity index (χ2n) is 12.5. The van der Waals surface area contributed by atoms with Crippen LogP contribution in [0.5, 0.6) is 0 Å². The Morgan fingerprint density at radius 1 is 1.00 bits per heavy atom. The van der Waals surface area contributed by atoms with Crippen LogP contribution in [-0.4, -0.2) is 42.5 Å². The maximum atomic E-state index is 13.5. The van der Waals surface area contributed by atoms with Gasteiger partial charge < -0.3 is 20.1 Å². The highest BCUT2D eigenvalue weighted by Crippen LogP contribution is 2.30. The number of hydrogen-bond donors (Lipinski definition) is 2. The molecular weight excluding hydrogens is 544 g/mol. The van der Waals surface area contributed by atoms with Crippen LogP contribution < -0.4 is 10.6 Å². The summed E-state index contributed by atoms with van der Waals surface area (Å²) in [5.41, 5.74) is 5.67. The van der Waals surface area contributed by atoms with Crippen LogP contribution in [0.3, 0.4) is 0 Å². The molecule has 1 aliphatic carbocycles. The van der Waals surface area contributed by atoms with Crippen molar-refractivity contribution in [2.24, 2.45) is 5.92 Å². The van der Waals surface area contributed by atoms with Gasteiger partial charge in [-0.1, -0.05) is 81.4 Å². The molecule has 1 heterocycles. The largest absolute Gasteiger partial charge is 0.445 e. The third-order valence-corrected chi connectivity index (χ3v) is 9.63. The highest BCUT2D eigenvalue weighted by atomic mass is 28.3. The number of anilines is 1. The van der Waals surface area contributed by atoms with Crippen LogP contribution in [0.15, 0.2) is 54.6 Å². The molecule has 0 bridgehead atoms. The lowest BCUT2D eigenvalue weighted by Crippen LogP contribution is -2.49. The number of carbonyl (C=O) groups excluding carboxylic acids is 2. The molecule has 1 fully saturated rings. The molecule has 1 aliphatic rings. The number of carbonyl (C=O) groups is 2. The Balaban J connectivity index is 1.39. The number of hydrogen-bond acceptors (Lipinski definition) is 5. The zero-order valence-electron chi connectivity index (χ0n) is 25.7. The molecule has 1 unspecified atom stereocenters. The van der Waals surface area contributed by atoms with Gasteiger partial charge in [-0.3, -0.25) is 4.79 Å². The van der Waals surface area contributed by atoms with Gasteiger partial charge in [0.2, 0.25) is 5.91 Å². The van der Waals surface area contributed by atoms with Crippen LogP contribution >= 0.6 is 0 Å².